The third-order valence-electron chi connectivity index (χ3n) is 3.69. The van der Waals surface area contributed by atoms with Crippen LogP contribution >= 0.6 is 0 Å². The van der Waals surface area contributed by atoms with Gasteiger partial charge >= 0.3 is 0 Å². The van der Waals surface area contributed by atoms with Gasteiger partial charge in [-0.2, -0.15) is 5.10 Å². The van der Waals surface area contributed by atoms with Gasteiger partial charge in [0.05, 0.1) is 11.9 Å². The topological polar surface area (TPSA) is 53.6 Å². The number of hydrogen-bond acceptors (Lipinski definition) is 3. The standard InChI is InChI=1S/C17H26N4/c1-2-3-4-5-6-7-10-18-13-16-14-20-21-17(16)15-9-8-11-19-12-15/h8-9,11-12,14,18H,2-7,10,13H2,1H3,(H,20,21). The molecule has 2 aromatic rings. The van der Waals surface area contributed by atoms with Gasteiger partial charge < -0.3 is 5.32 Å². The molecule has 0 aromatic carbocycles. The Morgan fingerprint density at radius 1 is 1.10 bits per heavy atom. The van der Waals surface area contributed by atoms with E-state index in [-0.39, 0.29) is 0 Å². The van der Waals surface area contributed by atoms with E-state index in [4.69, 9.17) is 0 Å². The van der Waals surface area contributed by atoms with Crippen LogP contribution in [0.3, 0.4) is 0 Å². The highest BCUT2D eigenvalue weighted by Crippen LogP contribution is 2.19. The summed E-state index contributed by atoms with van der Waals surface area (Å²) in [7, 11) is 0. The molecule has 0 aliphatic rings. The molecule has 4 heteroatoms. The van der Waals surface area contributed by atoms with Crippen molar-refractivity contribution in [3.63, 3.8) is 0 Å². The van der Waals surface area contributed by atoms with Gasteiger partial charge in [-0.05, 0) is 25.1 Å². The van der Waals surface area contributed by atoms with E-state index in [0.29, 0.717) is 0 Å². The average Bonchev–Trinajstić information content (AvgIpc) is 2.99. The fourth-order valence-corrected chi connectivity index (χ4v) is 2.46. The molecular weight excluding hydrogens is 260 g/mol. The molecule has 0 amide bonds. The summed E-state index contributed by atoms with van der Waals surface area (Å²) in [6, 6.07) is 4.00. The fourth-order valence-electron chi connectivity index (χ4n) is 2.46. The van der Waals surface area contributed by atoms with Crippen molar-refractivity contribution in [1.82, 2.24) is 20.5 Å². The van der Waals surface area contributed by atoms with Crippen molar-refractivity contribution >= 4 is 0 Å². The van der Waals surface area contributed by atoms with Crippen LogP contribution in [0.1, 0.15) is 51.0 Å². The fraction of sp³-hybridized carbons (Fsp3) is 0.529. The summed E-state index contributed by atoms with van der Waals surface area (Å²) < 4.78 is 0. The maximum absolute atomic E-state index is 4.16. The minimum absolute atomic E-state index is 0.857. The largest absolute Gasteiger partial charge is 0.313 e. The van der Waals surface area contributed by atoms with Crippen LogP contribution in [-0.4, -0.2) is 21.7 Å². The lowest BCUT2D eigenvalue weighted by Crippen LogP contribution is -2.14. The summed E-state index contributed by atoms with van der Waals surface area (Å²) >= 11 is 0. The summed E-state index contributed by atoms with van der Waals surface area (Å²) in [5.41, 5.74) is 3.36. The molecule has 114 valence electrons. The SMILES string of the molecule is CCCCCCCCNCc1cn[nH]c1-c1cccnc1. The minimum Gasteiger partial charge on any atom is -0.313 e. The highest BCUT2D eigenvalue weighted by atomic mass is 15.1. The Balaban J connectivity index is 1.69. The Kier molecular flexibility index (Phi) is 6.95. The first-order valence-electron chi connectivity index (χ1n) is 8.05. The molecule has 0 radical (unpaired) electrons. The number of rotatable bonds is 10. The van der Waals surface area contributed by atoms with E-state index in [9.17, 15) is 0 Å². The first-order valence-corrected chi connectivity index (χ1v) is 8.05. The van der Waals surface area contributed by atoms with E-state index >= 15 is 0 Å². The normalized spacial score (nSPS) is 10.9. The van der Waals surface area contributed by atoms with Crippen molar-refractivity contribution in [3.8, 4) is 11.3 Å². The maximum Gasteiger partial charge on any atom is 0.0710 e. The van der Waals surface area contributed by atoms with Crippen molar-refractivity contribution < 1.29 is 0 Å². The van der Waals surface area contributed by atoms with Gasteiger partial charge in [-0.15, -0.1) is 0 Å². The van der Waals surface area contributed by atoms with E-state index in [2.05, 4.69) is 33.5 Å². The molecule has 2 N–H and O–H groups in total. The number of nitrogens with one attached hydrogen (secondary N) is 2. The third kappa shape index (κ3) is 5.31. The summed E-state index contributed by atoms with van der Waals surface area (Å²) in [6.07, 6.45) is 13.6. The van der Waals surface area contributed by atoms with Crippen LogP contribution in [0.25, 0.3) is 11.3 Å². The lowest BCUT2D eigenvalue weighted by Gasteiger charge is -2.06. The van der Waals surface area contributed by atoms with Gasteiger partial charge in [-0.25, -0.2) is 0 Å². The zero-order valence-electron chi connectivity index (χ0n) is 12.9. The summed E-state index contributed by atoms with van der Waals surface area (Å²) in [5.74, 6) is 0. The highest BCUT2D eigenvalue weighted by molar-refractivity contribution is 5.61. The molecule has 0 aliphatic heterocycles. The number of aromatic amines is 1. The molecule has 0 fully saturated rings. The minimum atomic E-state index is 0.857. The predicted octanol–water partition coefficient (Wildman–Crippen LogP) is 3.92. The summed E-state index contributed by atoms with van der Waals surface area (Å²) in [6.45, 7) is 4.19. The number of pyridine rings is 1. The van der Waals surface area contributed by atoms with Crippen LogP contribution in [-0.2, 0) is 6.54 Å². The van der Waals surface area contributed by atoms with E-state index in [0.717, 1.165) is 24.3 Å². The lowest BCUT2D eigenvalue weighted by atomic mass is 10.1. The molecule has 0 atom stereocenters. The number of nitrogens with zero attached hydrogens (tertiary/aromatic N) is 2. The Labute approximate surface area is 127 Å². The molecule has 0 aliphatic carbocycles. The van der Waals surface area contributed by atoms with Crippen LogP contribution < -0.4 is 5.32 Å². The zero-order chi connectivity index (χ0) is 14.8. The predicted molar refractivity (Wildman–Crippen MR) is 86.9 cm³/mol. The quantitative estimate of drug-likeness (QED) is 0.651. The maximum atomic E-state index is 4.16. The molecule has 0 unspecified atom stereocenters. The van der Waals surface area contributed by atoms with Gasteiger partial charge in [0, 0.05) is 30.1 Å². The Bertz CT molecular complexity index is 493. The van der Waals surface area contributed by atoms with Gasteiger partial charge in [0.1, 0.15) is 0 Å². The molecule has 2 heterocycles. The van der Waals surface area contributed by atoms with E-state index < -0.39 is 0 Å². The van der Waals surface area contributed by atoms with Crippen molar-refractivity contribution in [2.45, 2.75) is 52.0 Å². The van der Waals surface area contributed by atoms with Crippen molar-refractivity contribution in [1.29, 1.82) is 0 Å². The van der Waals surface area contributed by atoms with Gasteiger partial charge in [0.2, 0.25) is 0 Å². The number of H-pyrrole nitrogens is 1. The van der Waals surface area contributed by atoms with Crippen molar-refractivity contribution in [3.05, 3.63) is 36.3 Å². The molecule has 21 heavy (non-hydrogen) atoms. The Morgan fingerprint density at radius 2 is 1.95 bits per heavy atom. The monoisotopic (exact) mass is 286 g/mol. The second kappa shape index (κ2) is 9.29. The number of hydrogen-bond donors (Lipinski definition) is 2. The van der Waals surface area contributed by atoms with Crippen molar-refractivity contribution in [2.24, 2.45) is 0 Å². The smallest absolute Gasteiger partial charge is 0.0710 e. The van der Waals surface area contributed by atoms with Crippen LogP contribution in [0.2, 0.25) is 0 Å². The number of unbranched alkanes of at least 4 members (excludes halogenated alkanes) is 5. The van der Waals surface area contributed by atoms with E-state index in [1.165, 1.54) is 44.1 Å². The van der Waals surface area contributed by atoms with Crippen LogP contribution in [0.5, 0.6) is 0 Å². The van der Waals surface area contributed by atoms with Gasteiger partial charge in [0.25, 0.3) is 0 Å². The molecule has 2 rings (SSSR count). The molecular formula is C17H26N4. The van der Waals surface area contributed by atoms with Crippen LogP contribution in [0.15, 0.2) is 30.7 Å². The van der Waals surface area contributed by atoms with E-state index in [1.807, 2.05) is 18.5 Å². The lowest BCUT2D eigenvalue weighted by molar-refractivity contribution is 0.572. The molecule has 2 aromatic heterocycles. The second-order valence-electron chi connectivity index (χ2n) is 5.46. The molecule has 0 bridgehead atoms. The van der Waals surface area contributed by atoms with E-state index in [1.54, 1.807) is 6.20 Å². The molecule has 0 saturated heterocycles. The third-order valence-corrected chi connectivity index (χ3v) is 3.69. The average molecular weight is 286 g/mol. The second-order valence-corrected chi connectivity index (χ2v) is 5.46. The summed E-state index contributed by atoms with van der Waals surface area (Å²) in [4.78, 5) is 4.16. The van der Waals surface area contributed by atoms with Gasteiger partial charge in [0.15, 0.2) is 0 Å². The van der Waals surface area contributed by atoms with Gasteiger partial charge in [-0.3, -0.25) is 10.1 Å². The Hall–Kier alpha value is -1.68. The molecule has 4 nitrogen and oxygen atoms in total. The van der Waals surface area contributed by atoms with Crippen LogP contribution in [0.4, 0.5) is 0 Å². The van der Waals surface area contributed by atoms with Crippen molar-refractivity contribution in [2.75, 3.05) is 6.54 Å². The first kappa shape index (κ1) is 15.7. The first-order chi connectivity index (χ1) is 10.4. The van der Waals surface area contributed by atoms with Crippen LogP contribution in [0, 0.1) is 0 Å². The molecule has 0 spiro atoms. The summed E-state index contributed by atoms with van der Waals surface area (Å²) in [5, 5.41) is 10.7. The zero-order valence-corrected chi connectivity index (χ0v) is 12.9. The highest BCUT2D eigenvalue weighted by Gasteiger charge is 2.06. The number of aromatic nitrogens is 3. The molecule has 0 saturated carbocycles. The Morgan fingerprint density at radius 3 is 2.76 bits per heavy atom. The van der Waals surface area contributed by atoms with Gasteiger partial charge in [-0.1, -0.05) is 39.0 Å².